The Morgan fingerprint density at radius 1 is 1.52 bits per heavy atom. The second-order valence-corrected chi connectivity index (χ2v) is 7.29. The average molecular weight is 333 g/mol. The lowest BCUT2D eigenvalue weighted by atomic mass is 10.1. The van der Waals surface area contributed by atoms with E-state index in [1.54, 1.807) is 11.3 Å². The first-order chi connectivity index (χ1) is 11.1. The van der Waals surface area contributed by atoms with Crippen molar-refractivity contribution in [1.29, 1.82) is 0 Å². The second kappa shape index (κ2) is 7.25. The molecule has 1 atom stereocenters. The SMILES string of the molecule is CC(C)c1noc(CCCC(=O)N2CCCC2c2cccs2)n1. The molecule has 1 aliphatic heterocycles. The minimum atomic E-state index is 0.240. The zero-order valence-corrected chi connectivity index (χ0v) is 14.5. The summed E-state index contributed by atoms with van der Waals surface area (Å²) in [5, 5.41) is 6.04. The highest BCUT2D eigenvalue weighted by atomic mass is 32.1. The summed E-state index contributed by atoms with van der Waals surface area (Å²) in [6.45, 7) is 4.95. The molecule has 1 unspecified atom stereocenters. The molecule has 0 spiro atoms. The van der Waals surface area contributed by atoms with Gasteiger partial charge in [0.1, 0.15) is 0 Å². The third-order valence-electron chi connectivity index (χ3n) is 4.23. The van der Waals surface area contributed by atoms with Crippen LogP contribution in [0.5, 0.6) is 0 Å². The molecule has 6 heteroatoms. The molecule has 124 valence electrons. The van der Waals surface area contributed by atoms with Gasteiger partial charge in [-0.1, -0.05) is 25.1 Å². The summed E-state index contributed by atoms with van der Waals surface area (Å²) in [6.07, 6.45) is 4.14. The van der Waals surface area contributed by atoms with E-state index in [1.807, 2.05) is 18.7 Å². The van der Waals surface area contributed by atoms with Crippen LogP contribution in [0.25, 0.3) is 0 Å². The van der Waals surface area contributed by atoms with Crippen molar-refractivity contribution < 1.29 is 9.32 Å². The maximum Gasteiger partial charge on any atom is 0.226 e. The molecule has 1 aliphatic rings. The molecule has 5 nitrogen and oxygen atoms in total. The molecule has 1 saturated heterocycles. The zero-order valence-electron chi connectivity index (χ0n) is 13.7. The first-order valence-corrected chi connectivity index (χ1v) is 9.18. The molecular weight excluding hydrogens is 310 g/mol. The van der Waals surface area contributed by atoms with E-state index in [9.17, 15) is 4.79 Å². The summed E-state index contributed by atoms with van der Waals surface area (Å²) in [5.74, 6) is 1.89. The van der Waals surface area contributed by atoms with Crippen LogP contribution >= 0.6 is 11.3 Å². The number of rotatable bonds is 6. The number of hydrogen-bond acceptors (Lipinski definition) is 5. The van der Waals surface area contributed by atoms with Crippen LogP contribution in [0.3, 0.4) is 0 Å². The highest BCUT2D eigenvalue weighted by Gasteiger charge is 2.30. The van der Waals surface area contributed by atoms with Gasteiger partial charge in [-0.25, -0.2) is 0 Å². The monoisotopic (exact) mass is 333 g/mol. The van der Waals surface area contributed by atoms with Crippen molar-refractivity contribution in [3.63, 3.8) is 0 Å². The number of hydrogen-bond donors (Lipinski definition) is 0. The van der Waals surface area contributed by atoms with Crippen molar-refractivity contribution in [2.75, 3.05) is 6.54 Å². The predicted octanol–water partition coefficient (Wildman–Crippen LogP) is 3.94. The Morgan fingerprint density at radius 2 is 2.39 bits per heavy atom. The zero-order chi connectivity index (χ0) is 16.2. The quantitative estimate of drug-likeness (QED) is 0.803. The average Bonchev–Trinajstić information content (AvgIpc) is 3.27. The molecule has 0 saturated carbocycles. The van der Waals surface area contributed by atoms with E-state index >= 15 is 0 Å². The number of likely N-dealkylation sites (tertiary alicyclic amines) is 1. The van der Waals surface area contributed by atoms with Gasteiger partial charge in [-0.15, -0.1) is 11.3 Å². The van der Waals surface area contributed by atoms with Crippen LogP contribution in [0, 0.1) is 0 Å². The molecule has 1 fully saturated rings. The van der Waals surface area contributed by atoms with Gasteiger partial charge < -0.3 is 9.42 Å². The van der Waals surface area contributed by atoms with E-state index in [1.165, 1.54) is 4.88 Å². The standard InChI is InChI=1S/C17H23N3O2S/c1-12(2)17-18-15(22-19-17)8-3-9-16(21)20-10-4-6-13(20)14-7-5-11-23-14/h5,7,11-13H,3-4,6,8-10H2,1-2H3. The predicted molar refractivity (Wildman–Crippen MR) is 89.3 cm³/mol. The topological polar surface area (TPSA) is 59.2 Å². The van der Waals surface area contributed by atoms with Crippen LogP contribution < -0.4 is 0 Å². The molecule has 0 aromatic carbocycles. The maximum absolute atomic E-state index is 12.5. The van der Waals surface area contributed by atoms with Gasteiger partial charge in [-0.05, 0) is 30.7 Å². The number of carbonyl (C=O) groups excluding carboxylic acids is 1. The number of nitrogens with zero attached hydrogens (tertiary/aromatic N) is 3. The molecule has 3 heterocycles. The van der Waals surface area contributed by atoms with Crippen molar-refractivity contribution in [2.45, 2.75) is 57.9 Å². The van der Waals surface area contributed by atoms with Gasteiger partial charge in [-0.3, -0.25) is 4.79 Å². The second-order valence-electron chi connectivity index (χ2n) is 6.32. The molecule has 0 bridgehead atoms. The van der Waals surface area contributed by atoms with Gasteiger partial charge in [-0.2, -0.15) is 4.98 Å². The molecule has 2 aromatic heterocycles. The fourth-order valence-corrected chi connectivity index (χ4v) is 3.85. The van der Waals surface area contributed by atoms with Gasteiger partial charge in [0, 0.05) is 30.2 Å². The fraction of sp³-hybridized carbons (Fsp3) is 0.588. The minimum Gasteiger partial charge on any atom is -0.339 e. The third kappa shape index (κ3) is 3.80. The van der Waals surface area contributed by atoms with Crippen LogP contribution in [0.1, 0.15) is 68.1 Å². The molecule has 0 aliphatic carbocycles. The molecule has 3 rings (SSSR count). The third-order valence-corrected chi connectivity index (χ3v) is 5.20. The Balaban J connectivity index is 1.50. The Bertz CT molecular complexity index is 636. The van der Waals surface area contributed by atoms with E-state index in [-0.39, 0.29) is 17.9 Å². The van der Waals surface area contributed by atoms with Crippen molar-refractivity contribution >= 4 is 17.2 Å². The van der Waals surface area contributed by atoms with E-state index < -0.39 is 0 Å². The highest BCUT2D eigenvalue weighted by Crippen LogP contribution is 2.34. The number of carbonyl (C=O) groups is 1. The van der Waals surface area contributed by atoms with Crippen LogP contribution in [-0.4, -0.2) is 27.5 Å². The summed E-state index contributed by atoms with van der Waals surface area (Å²) in [6, 6.07) is 4.47. The fourth-order valence-electron chi connectivity index (χ4n) is 2.98. The maximum atomic E-state index is 12.5. The Morgan fingerprint density at radius 3 is 3.09 bits per heavy atom. The van der Waals surface area contributed by atoms with Crippen LogP contribution in [0.15, 0.2) is 22.0 Å². The normalized spacial score (nSPS) is 18.0. The van der Waals surface area contributed by atoms with E-state index in [0.29, 0.717) is 18.7 Å². The summed E-state index contributed by atoms with van der Waals surface area (Å²) >= 11 is 1.74. The lowest BCUT2D eigenvalue weighted by molar-refractivity contribution is -0.132. The minimum absolute atomic E-state index is 0.240. The molecule has 1 amide bonds. The highest BCUT2D eigenvalue weighted by molar-refractivity contribution is 7.10. The number of thiophene rings is 1. The largest absolute Gasteiger partial charge is 0.339 e. The smallest absolute Gasteiger partial charge is 0.226 e. The Labute approximate surface area is 140 Å². The molecule has 2 aromatic rings. The summed E-state index contributed by atoms with van der Waals surface area (Å²) in [5.41, 5.74) is 0. The summed E-state index contributed by atoms with van der Waals surface area (Å²) < 4.78 is 5.23. The van der Waals surface area contributed by atoms with Gasteiger partial charge >= 0.3 is 0 Å². The van der Waals surface area contributed by atoms with E-state index in [0.717, 1.165) is 31.6 Å². The molecule has 23 heavy (non-hydrogen) atoms. The van der Waals surface area contributed by atoms with Crippen molar-refractivity contribution in [1.82, 2.24) is 15.0 Å². The van der Waals surface area contributed by atoms with Crippen molar-refractivity contribution in [3.05, 3.63) is 34.1 Å². The lowest BCUT2D eigenvalue weighted by Crippen LogP contribution is -2.30. The van der Waals surface area contributed by atoms with E-state index in [4.69, 9.17) is 4.52 Å². The number of amides is 1. The summed E-state index contributed by atoms with van der Waals surface area (Å²) in [4.78, 5) is 20.2. The van der Waals surface area contributed by atoms with Crippen LogP contribution in [0.2, 0.25) is 0 Å². The van der Waals surface area contributed by atoms with Gasteiger partial charge in [0.15, 0.2) is 5.82 Å². The summed E-state index contributed by atoms with van der Waals surface area (Å²) in [7, 11) is 0. The van der Waals surface area contributed by atoms with Gasteiger partial charge in [0.05, 0.1) is 6.04 Å². The van der Waals surface area contributed by atoms with Gasteiger partial charge in [0.2, 0.25) is 11.8 Å². The molecule has 0 radical (unpaired) electrons. The number of aryl methyl sites for hydroxylation is 1. The molecular formula is C17H23N3O2S. The van der Waals surface area contributed by atoms with Gasteiger partial charge in [0.25, 0.3) is 0 Å². The Kier molecular flexibility index (Phi) is 5.10. The number of aromatic nitrogens is 2. The van der Waals surface area contributed by atoms with E-state index in [2.05, 4.69) is 27.7 Å². The van der Waals surface area contributed by atoms with Crippen LogP contribution in [-0.2, 0) is 11.2 Å². The Hall–Kier alpha value is -1.69. The lowest BCUT2D eigenvalue weighted by Gasteiger charge is -2.23. The first-order valence-electron chi connectivity index (χ1n) is 8.30. The van der Waals surface area contributed by atoms with Crippen LogP contribution in [0.4, 0.5) is 0 Å². The molecule has 0 N–H and O–H groups in total. The first kappa shape index (κ1) is 16.2. The van der Waals surface area contributed by atoms with Crippen molar-refractivity contribution in [2.24, 2.45) is 0 Å². The van der Waals surface area contributed by atoms with Crippen molar-refractivity contribution in [3.8, 4) is 0 Å².